The van der Waals surface area contributed by atoms with Gasteiger partial charge in [-0.25, -0.2) is 9.38 Å². The van der Waals surface area contributed by atoms with Crippen molar-refractivity contribution in [3.63, 3.8) is 0 Å². The van der Waals surface area contributed by atoms with Crippen LogP contribution in [0.2, 0.25) is 0 Å². The number of rotatable bonds is 2. The Morgan fingerprint density at radius 3 is 2.34 bits per heavy atom. The van der Waals surface area contributed by atoms with E-state index in [0.29, 0.717) is 37.0 Å². The highest BCUT2D eigenvalue weighted by molar-refractivity contribution is 6.04. The molecule has 0 bridgehead atoms. The first kappa shape index (κ1) is 26.0. The average molecular weight is 408 g/mol. The van der Waals surface area contributed by atoms with Gasteiger partial charge in [0.25, 0.3) is 11.9 Å². The molecule has 0 spiro atoms. The molecule has 1 heterocycles. The average Bonchev–Trinajstić information content (AvgIpc) is 2.80. The first-order chi connectivity index (χ1) is 14.1. The first-order valence-corrected chi connectivity index (χ1v) is 9.63. The number of nitrogen functional groups attached to an aromatic ring is 1. The quantitative estimate of drug-likeness (QED) is 0.664. The van der Waals surface area contributed by atoms with Crippen LogP contribution >= 0.6 is 0 Å². The summed E-state index contributed by atoms with van der Waals surface area (Å²) in [6.07, 6.45) is 0.519. The van der Waals surface area contributed by atoms with E-state index in [-0.39, 0.29) is 17.7 Å². The molecule has 1 amide bonds. The highest BCUT2D eigenvalue weighted by Gasteiger charge is 2.22. The maximum Gasteiger partial charge on any atom is 0.292 e. The van der Waals surface area contributed by atoms with Crippen molar-refractivity contribution in [1.29, 1.82) is 0 Å². The number of nitrogens with two attached hydrogens (primary N) is 1. The van der Waals surface area contributed by atoms with E-state index in [2.05, 4.69) is 10.3 Å². The van der Waals surface area contributed by atoms with Gasteiger partial charge >= 0.3 is 0 Å². The Balaban J connectivity index is 0.00000120. The Labute approximate surface area is 172 Å². The van der Waals surface area contributed by atoms with Crippen LogP contribution in [0.3, 0.4) is 0 Å². The number of hydrogen-bond donors (Lipinski definition) is 2. The number of anilines is 1. The number of ether oxygens (including phenoxy) is 1. The normalized spacial score (nSPS) is 14.2. The lowest BCUT2D eigenvalue weighted by molar-refractivity contribution is 0.0962. The summed E-state index contributed by atoms with van der Waals surface area (Å²) in [7, 11) is 0.500. The minimum absolute atomic E-state index is 0.0944. The van der Waals surface area contributed by atoms with E-state index >= 15 is 0 Å². The molecule has 160 valence electrons. The summed E-state index contributed by atoms with van der Waals surface area (Å²) in [4.78, 5) is 16.4. The maximum atomic E-state index is 14.0. The van der Waals surface area contributed by atoms with Gasteiger partial charge in [-0.05, 0) is 30.3 Å². The zero-order valence-corrected chi connectivity index (χ0v) is 17.7. The van der Waals surface area contributed by atoms with Crippen LogP contribution in [0.25, 0.3) is 0 Å². The van der Waals surface area contributed by atoms with Gasteiger partial charge in [0, 0.05) is 23.2 Å². The van der Waals surface area contributed by atoms with Crippen LogP contribution in [0.4, 0.5) is 14.5 Å². The molecule has 2 aromatic rings. The van der Waals surface area contributed by atoms with Crippen molar-refractivity contribution in [3.05, 3.63) is 65.5 Å². The van der Waals surface area contributed by atoms with Gasteiger partial charge in [-0.15, -0.1) is 0 Å². The highest BCUT2D eigenvalue weighted by Crippen LogP contribution is 2.28. The second-order valence-electron chi connectivity index (χ2n) is 5.19. The molecule has 1 unspecified atom stereocenters. The predicted molar refractivity (Wildman–Crippen MR) is 115 cm³/mol. The van der Waals surface area contributed by atoms with Gasteiger partial charge in [-0.3, -0.25) is 14.5 Å². The van der Waals surface area contributed by atoms with Crippen LogP contribution < -0.4 is 11.1 Å². The molecule has 3 N–H and O–H groups in total. The number of aliphatic imine (C=N–C) groups is 1. The molecule has 0 saturated heterocycles. The summed E-state index contributed by atoms with van der Waals surface area (Å²) in [5.74, 6) is -0.693. The highest BCUT2D eigenvalue weighted by atomic mass is 19.1. The Morgan fingerprint density at radius 2 is 1.72 bits per heavy atom. The molecule has 5 nitrogen and oxygen atoms in total. The van der Waals surface area contributed by atoms with Gasteiger partial charge in [0.2, 0.25) is 0 Å². The Hall–Kier alpha value is -2.96. The minimum atomic E-state index is -0.432. The molecule has 1 atom stereocenters. The molecule has 0 fully saturated rings. The molecule has 1 aliphatic heterocycles. The molecular formula is C22H31F2N3O2. The number of nitrogens with zero attached hydrogens (tertiary/aromatic N) is 1. The summed E-state index contributed by atoms with van der Waals surface area (Å²) in [6, 6.07) is 12.8. The van der Waals surface area contributed by atoms with Crippen LogP contribution in [-0.2, 0) is 4.74 Å². The molecule has 0 aromatic heterocycles. The van der Waals surface area contributed by atoms with Crippen LogP contribution in [0.5, 0.6) is 0 Å². The summed E-state index contributed by atoms with van der Waals surface area (Å²) >= 11 is 0. The number of nitrogens with one attached hydrogen (secondary N) is 1. The molecule has 29 heavy (non-hydrogen) atoms. The largest absolute Gasteiger partial charge is 0.465 e. The monoisotopic (exact) mass is 407 g/mol. The van der Waals surface area contributed by atoms with Crippen LogP contribution in [0.1, 0.15) is 56.1 Å². The maximum absolute atomic E-state index is 14.0. The van der Waals surface area contributed by atoms with Gasteiger partial charge in [-0.2, -0.15) is 0 Å². The number of benzene rings is 2. The Morgan fingerprint density at radius 1 is 1.10 bits per heavy atom. The van der Waals surface area contributed by atoms with Gasteiger partial charge in [0.05, 0.1) is 19.8 Å². The van der Waals surface area contributed by atoms with E-state index < -0.39 is 6.04 Å². The number of halogens is 2. The smallest absolute Gasteiger partial charge is 0.292 e. The molecule has 2 aromatic carbocycles. The van der Waals surface area contributed by atoms with E-state index in [1.807, 2.05) is 33.8 Å². The lowest BCUT2D eigenvalue weighted by atomic mass is 10.0. The van der Waals surface area contributed by atoms with E-state index in [1.54, 1.807) is 30.3 Å². The van der Waals surface area contributed by atoms with Gasteiger partial charge in [0.15, 0.2) is 0 Å². The molecule has 3 rings (SSSR count). The third kappa shape index (κ3) is 8.29. The minimum Gasteiger partial charge on any atom is -0.465 e. The molecule has 7 heteroatoms. The summed E-state index contributed by atoms with van der Waals surface area (Å²) in [5.41, 5.74) is 7.08. The molecule has 1 aliphatic rings. The van der Waals surface area contributed by atoms with Gasteiger partial charge in [-0.1, -0.05) is 45.9 Å². The van der Waals surface area contributed by atoms with Crippen molar-refractivity contribution in [2.45, 2.75) is 40.2 Å². The van der Waals surface area contributed by atoms with Crippen molar-refractivity contribution in [2.24, 2.45) is 4.99 Å². The van der Waals surface area contributed by atoms with Crippen molar-refractivity contribution >= 4 is 17.6 Å². The molecule has 0 aliphatic carbocycles. The number of amidine groups is 1. The topological polar surface area (TPSA) is 76.7 Å². The van der Waals surface area contributed by atoms with Crippen molar-refractivity contribution < 1.29 is 18.3 Å². The predicted octanol–water partition coefficient (Wildman–Crippen LogP) is 5.29. The lowest BCUT2D eigenvalue weighted by Crippen LogP contribution is -2.35. The lowest BCUT2D eigenvalue weighted by Gasteiger charge is -2.22. The Bertz CT molecular complexity index is 753. The number of carbonyl (C=O) groups is 1. The van der Waals surface area contributed by atoms with Crippen molar-refractivity contribution in [2.75, 3.05) is 19.5 Å². The molecule has 0 radical (unpaired) electrons. The summed E-state index contributed by atoms with van der Waals surface area (Å²) in [6.45, 7) is 8.34. The fourth-order valence-electron chi connectivity index (χ4n) is 2.38. The van der Waals surface area contributed by atoms with Crippen LogP contribution in [-0.4, -0.2) is 25.7 Å². The zero-order valence-electron chi connectivity index (χ0n) is 17.7. The van der Waals surface area contributed by atoms with Crippen molar-refractivity contribution in [1.82, 2.24) is 5.32 Å². The van der Waals surface area contributed by atoms with E-state index in [1.165, 1.54) is 12.1 Å². The SMILES string of the molecule is CC.CC.CF.Nc1ccc(F)c(C2CCOC(NC(=O)c3ccccc3)=N2)c1. The third-order valence-electron chi connectivity index (χ3n) is 3.54. The fraction of sp³-hybridized carbons (Fsp3) is 0.364. The third-order valence-corrected chi connectivity index (χ3v) is 3.54. The van der Waals surface area contributed by atoms with Crippen LogP contribution in [0.15, 0.2) is 53.5 Å². The van der Waals surface area contributed by atoms with E-state index in [9.17, 15) is 13.6 Å². The van der Waals surface area contributed by atoms with Crippen LogP contribution in [0, 0.1) is 5.82 Å². The second kappa shape index (κ2) is 15.0. The standard InChI is InChI=1S/C17H16FN3O2.2C2H6.CH3F/c18-14-7-6-12(19)10-13(14)15-8-9-23-17(20-15)21-16(22)11-4-2-1-3-5-11;3*1-2/h1-7,10,15H,8-9,19H2,(H,20,21,22);2*1-2H3;1H3. The van der Waals surface area contributed by atoms with E-state index in [0.717, 1.165) is 0 Å². The van der Waals surface area contributed by atoms with E-state index in [4.69, 9.17) is 10.5 Å². The fourth-order valence-corrected chi connectivity index (χ4v) is 2.38. The second-order valence-corrected chi connectivity index (χ2v) is 5.19. The number of carbonyl (C=O) groups excluding carboxylic acids is 1. The van der Waals surface area contributed by atoms with Gasteiger partial charge < -0.3 is 10.5 Å². The van der Waals surface area contributed by atoms with Gasteiger partial charge in [0.1, 0.15) is 5.82 Å². The number of hydrogen-bond acceptors (Lipinski definition) is 4. The van der Waals surface area contributed by atoms with Crippen molar-refractivity contribution in [3.8, 4) is 0 Å². The zero-order chi connectivity index (χ0) is 22.2. The summed E-state index contributed by atoms with van der Waals surface area (Å²) < 4.78 is 28.8. The number of alkyl halides is 1. The Kier molecular flexibility index (Phi) is 13.5. The first-order valence-electron chi connectivity index (χ1n) is 9.63. The number of amides is 1. The molecular weight excluding hydrogens is 376 g/mol. The molecule has 0 saturated carbocycles. The summed E-state index contributed by atoms with van der Waals surface area (Å²) in [5, 5.41) is 2.60.